The third-order valence-corrected chi connectivity index (χ3v) is 7.10. The average molecular weight is 396 g/mol. The number of aromatic nitrogens is 2. The van der Waals surface area contributed by atoms with Gasteiger partial charge in [0, 0.05) is 29.8 Å². The van der Waals surface area contributed by atoms with E-state index < -0.39 is 0 Å². The molecule has 0 saturated heterocycles. The molecule has 1 aromatic heterocycles. The lowest BCUT2D eigenvalue weighted by atomic mass is 9.82. The quantitative estimate of drug-likeness (QED) is 0.721. The van der Waals surface area contributed by atoms with Gasteiger partial charge in [-0.15, -0.1) is 0 Å². The second kappa shape index (κ2) is 7.56. The van der Waals surface area contributed by atoms with Crippen molar-refractivity contribution in [1.29, 1.82) is 0 Å². The molecule has 3 fully saturated rings. The predicted octanol–water partition coefficient (Wildman–Crippen LogP) is 3.69. The molecule has 1 heterocycles. The van der Waals surface area contributed by atoms with Crippen LogP contribution < -0.4 is 5.32 Å². The van der Waals surface area contributed by atoms with E-state index in [9.17, 15) is 4.79 Å². The molecule has 2 atom stereocenters. The van der Waals surface area contributed by atoms with Crippen molar-refractivity contribution in [1.82, 2.24) is 15.5 Å². The van der Waals surface area contributed by atoms with Crippen molar-refractivity contribution in [3.05, 3.63) is 47.6 Å². The van der Waals surface area contributed by atoms with E-state index in [4.69, 9.17) is 14.2 Å². The monoisotopic (exact) mass is 395 g/mol. The van der Waals surface area contributed by atoms with Gasteiger partial charge in [0.05, 0.1) is 13.0 Å². The molecular formula is C23H29N3O3. The molecule has 154 valence electrons. The van der Waals surface area contributed by atoms with Crippen LogP contribution in [0.5, 0.6) is 0 Å². The molecule has 0 unspecified atom stereocenters. The van der Waals surface area contributed by atoms with Crippen LogP contribution >= 0.6 is 0 Å². The van der Waals surface area contributed by atoms with Crippen LogP contribution in [-0.2, 0) is 14.9 Å². The van der Waals surface area contributed by atoms with E-state index in [2.05, 4.69) is 40.8 Å². The van der Waals surface area contributed by atoms with E-state index in [0.29, 0.717) is 12.0 Å². The molecule has 1 aromatic carbocycles. The zero-order chi connectivity index (χ0) is 19.8. The van der Waals surface area contributed by atoms with Crippen LogP contribution in [0.15, 0.2) is 34.9 Å². The van der Waals surface area contributed by atoms with Crippen molar-refractivity contribution in [2.24, 2.45) is 5.92 Å². The Hall–Kier alpha value is -2.21. The highest BCUT2D eigenvalue weighted by Gasteiger charge is 2.50. The van der Waals surface area contributed by atoms with Gasteiger partial charge in [0.25, 0.3) is 0 Å². The second-order valence-electron chi connectivity index (χ2n) is 9.05. The first kappa shape index (κ1) is 18.8. The summed E-state index contributed by atoms with van der Waals surface area (Å²) >= 11 is 0. The van der Waals surface area contributed by atoms with Crippen molar-refractivity contribution < 1.29 is 14.1 Å². The Bertz CT molecular complexity index is 853. The number of methoxy groups -OCH3 is 1. The summed E-state index contributed by atoms with van der Waals surface area (Å²) in [6.45, 7) is 0.926. The summed E-state index contributed by atoms with van der Waals surface area (Å²) in [4.78, 5) is 16.5. The number of hydrogen-bond donors (Lipinski definition) is 1. The van der Waals surface area contributed by atoms with E-state index in [0.717, 1.165) is 56.8 Å². The van der Waals surface area contributed by atoms with Gasteiger partial charge in [0.15, 0.2) is 5.82 Å². The molecule has 3 aliphatic rings. The minimum absolute atomic E-state index is 0.0220. The maximum absolute atomic E-state index is 11.7. The van der Waals surface area contributed by atoms with Gasteiger partial charge in [-0.3, -0.25) is 4.79 Å². The van der Waals surface area contributed by atoms with Gasteiger partial charge >= 0.3 is 5.97 Å². The van der Waals surface area contributed by atoms with E-state index in [-0.39, 0.29) is 23.2 Å². The van der Waals surface area contributed by atoms with Crippen molar-refractivity contribution in [3.8, 4) is 0 Å². The Kier molecular flexibility index (Phi) is 4.90. The van der Waals surface area contributed by atoms with Gasteiger partial charge in [-0.2, -0.15) is 4.98 Å². The minimum atomic E-state index is -0.0911. The van der Waals surface area contributed by atoms with Gasteiger partial charge in [-0.1, -0.05) is 35.5 Å². The molecule has 6 nitrogen and oxygen atoms in total. The molecule has 0 spiro atoms. The normalized spacial score (nSPS) is 30.0. The first-order chi connectivity index (χ1) is 14.2. The topological polar surface area (TPSA) is 77.2 Å². The third kappa shape index (κ3) is 3.82. The van der Waals surface area contributed by atoms with Crippen LogP contribution in [0.1, 0.15) is 74.1 Å². The van der Waals surface area contributed by atoms with Crippen LogP contribution in [0.3, 0.4) is 0 Å². The number of benzene rings is 1. The van der Waals surface area contributed by atoms with Gasteiger partial charge < -0.3 is 14.6 Å². The molecule has 5 rings (SSSR count). The lowest BCUT2D eigenvalue weighted by Gasteiger charge is -2.24. The van der Waals surface area contributed by atoms with Gasteiger partial charge in [-0.25, -0.2) is 0 Å². The number of esters is 1. The Morgan fingerprint density at radius 2 is 1.97 bits per heavy atom. The molecule has 0 aliphatic heterocycles. The fourth-order valence-electron chi connectivity index (χ4n) is 4.81. The highest BCUT2D eigenvalue weighted by Crippen LogP contribution is 2.48. The molecule has 0 amide bonds. The van der Waals surface area contributed by atoms with Crippen LogP contribution in [0, 0.1) is 5.92 Å². The number of nitrogens with zero attached hydrogens (tertiary/aromatic N) is 2. The van der Waals surface area contributed by atoms with Gasteiger partial charge in [-0.05, 0) is 50.5 Å². The summed E-state index contributed by atoms with van der Waals surface area (Å²) in [7, 11) is 1.46. The SMILES string of the molecule is COC(=O)C1CCC(c2nc(C3(CN[C@H]4C[C@@H]4c4ccccc4)CC3)no2)CC1. The van der Waals surface area contributed by atoms with Crippen molar-refractivity contribution in [2.75, 3.05) is 13.7 Å². The standard InChI is InChI=1S/C23H29N3O3/c1-28-21(27)17-9-7-16(8-10-17)20-25-22(26-29-20)23(11-12-23)14-24-19-13-18(19)15-5-3-2-4-6-15/h2-6,16-19,24H,7-14H2,1H3/t16?,17?,18-,19+/m1/s1. The summed E-state index contributed by atoms with van der Waals surface area (Å²) < 4.78 is 10.5. The fourth-order valence-corrected chi connectivity index (χ4v) is 4.81. The minimum Gasteiger partial charge on any atom is -0.469 e. The second-order valence-corrected chi connectivity index (χ2v) is 9.05. The zero-order valence-electron chi connectivity index (χ0n) is 17.0. The molecule has 6 heteroatoms. The maximum Gasteiger partial charge on any atom is 0.308 e. The maximum atomic E-state index is 11.7. The Balaban J connectivity index is 1.15. The summed E-state index contributed by atoms with van der Waals surface area (Å²) in [5.41, 5.74) is 1.48. The highest BCUT2D eigenvalue weighted by molar-refractivity contribution is 5.72. The lowest BCUT2D eigenvalue weighted by molar-refractivity contribution is -0.146. The molecular weight excluding hydrogens is 366 g/mol. The van der Waals surface area contributed by atoms with Gasteiger partial charge in [0.2, 0.25) is 5.89 Å². The summed E-state index contributed by atoms with van der Waals surface area (Å²) in [6, 6.07) is 11.3. The van der Waals surface area contributed by atoms with Crippen molar-refractivity contribution >= 4 is 5.97 Å². The summed E-state index contributed by atoms with van der Waals surface area (Å²) in [5, 5.41) is 8.10. The molecule has 0 radical (unpaired) electrons. The van der Waals surface area contributed by atoms with Crippen molar-refractivity contribution in [2.45, 2.75) is 68.2 Å². The van der Waals surface area contributed by atoms with E-state index in [1.165, 1.54) is 19.1 Å². The van der Waals surface area contributed by atoms with E-state index in [1.807, 2.05) is 0 Å². The zero-order valence-corrected chi connectivity index (χ0v) is 17.0. The number of rotatable bonds is 7. The van der Waals surface area contributed by atoms with E-state index in [1.54, 1.807) is 0 Å². The first-order valence-electron chi connectivity index (χ1n) is 10.9. The predicted molar refractivity (Wildman–Crippen MR) is 108 cm³/mol. The first-order valence-corrected chi connectivity index (χ1v) is 10.9. The van der Waals surface area contributed by atoms with Crippen LogP contribution in [0.25, 0.3) is 0 Å². The molecule has 29 heavy (non-hydrogen) atoms. The molecule has 3 saturated carbocycles. The number of hydrogen-bond acceptors (Lipinski definition) is 6. The molecule has 0 bridgehead atoms. The smallest absolute Gasteiger partial charge is 0.308 e. The molecule has 3 aliphatic carbocycles. The number of carbonyl (C=O) groups excluding carboxylic acids is 1. The van der Waals surface area contributed by atoms with E-state index >= 15 is 0 Å². The fraction of sp³-hybridized carbons (Fsp3) is 0.609. The number of ether oxygens (including phenoxy) is 1. The summed E-state index contributed by atoms with van der Waals surface area (Å²) in [6.07, 6.45) is 6.95. The summed E-state index contributed by atoms with van der Waals surface area (Å²) in [5.74, 6) is 2.46. The largest absolute Gasteiger partial charge is 0.469 e. The third-order valence-electron chi connectivity index (χ3n) is 7.10. The molecule has 2 aromatic rings. The highest BCUT2D eigenvalue weighted by atomic mass is 16.5. The lowest BCUT2D eigenvalue weighted by Crippen LogP contribution is -2.30. The van der Waals surface area contributed by atoms with Gasteiger partial charge in [0.1, 0.15) is 0 Å². The van der Waals surface area contributed by atoms with Crippen LogP contribution in [0.2, 0.25) is 0 Å². The number of nitrogens with one attached hydrogen (secondary N) is 1. The average Bonchev–Trinajstić information content (AvgIpc) is 3.69. The van der Waals surface area contributed by atoms with Crippen LogP contribution in [0.4, 0.5) is 0 Å². The Morgan fingerprint density at radius 3 is 2.66 bits per heavy atom. The molecule has 1 N–H and O–H groups in total. The van der Waals surface area contributed by atoms with Crippen LogP contribution in [-0.4, -0.2) is 35.8 Å². The number of carbonyl (C=O) groups is 1. The Labute approximate surface area is 171 Å². The van der Waals surface area contributed by atoms with Crippen molar-refractivity contribution in [3.63, 3.8) is 0 Å². The Morgan fingerprint density at radius 1 is 1.21 bits per heavy atom.